The van der Waals surface area contributed by atoms with E-state index >= 15 is 0 Å². The van der Waals surface area contributed by atoms with E-state index in [-0.39, 0.29) is 31.7 Å². The molecule has 0 aromatic heterocycles. The van der Waals surface area contributed by atoms with Gasteiger partial charge in [0.15, 0.2) is 0 Å². The molecule has 0 fully saturated rings. The van der Waals surface area contributed by atoms with Gasteiger partial charge in [0.1, 0.15) is 30.2 Å². The zero-order valence-corrected chi connectivity index (χ0v) is 34.2. The summed E-state index contributed by atoms with van der Waals surface area (Å²) in [6.45, 7) is 4.43. The summed E-state index contributed by atoms with van der Waals surface area (Å²) in [6, 6.07) is -7.25. The highest BCUT2D eigenvalue weighted by molar-refractivity contribution is 5.96. The lowest BCUT2D eigenvalue weighted by molar-refractivity contribution is -0.143. The third-order valence-electron chi connectivity index (χ3n) is 9.61. The van der Waals surface area contributed by atoms with Gasteiger partial charge in [0.25, 0.3) is 0 Å². The van der Waals surface area contributed by atoms with Crippen molar-refractivity contribution in [3.63, 3.8) is 0 Å². The molecule has 5 amide bonds. The Labute approximate surface area is 333 Å². The van der Waals surface area contributed by atoms with Crippen molar-refractivity contribution in [2.24, 2.45) is 11.5 Å². The van der Waals surface area contributed by atoms with Crippen LogP contribution in [0, 0.1) is 0 Å². The highest BCUT2D eigenvalue weighted by Crippen LogP contribution is 2.13. The predicted molar refractivity (Wildman–Crippen MR) is 214 cm³/mol. The lowest BCUT2D eigenvalue weighted by atomic mass is 10.0. The number of carbonyl (C=O) groups excluding carboxylic acids is 5. The van der Waals surface area contributed by atoms with Crippen LogP contribution in [0.2, 0.25) is 0 Å². The number of hydrogen-bond acceptors (Lipinski definition) is 11. The lowest BCUT2D eigenvalue weighted by Gasteiger charge is -2.29. The normalized spacial score (nSPS) is 15.0. The molecule has 0 rings (SSSR count). The van der Waals surface area contributed by atoms with Crippen LogP contribution < -0.4 is 38.1 Å². The van der Waals surface area contributed by atoms with Crippen LogP contribution in [0.15, 0.2) is 0 Å². The van der Waals surface area contributed by atoms with Crippen molar-refractivity contribution >= 4 is 35.5 Å². The van der Waals surface area contributed by atoms with Crippen LogP contribution in [0.5, 0.6) is 0 Å². The molecule has 0 aliphatic heterocycles. The van der Waals surface area contributed by atoms with Crippen LogP contribution in [0.4, 0.5) is 0 Å². The highest BCUT2D eigenvalue weighted by atomic mass is 16.4. The van der Waals surface area contributed by atoms with Crippen molar-refractivity contribution in [1.29, 1.82) is 0 Å². The van der Waals surface area contributed by atoms with Crippen molar-refractivity contribution in [2.45, 2.75) is 192 Å². The van der Waals surface area contributed by atoms with Crippen LogP contribution in [0.25, 0.3) is 0 Å². The Balaban J connectivity index is 5.38. The van der Waals surface area contributed by atoms with Gasteiger partial charge in [-0.3, -0.25) is 24.0 Å². The Morgan fingerprint density at radius 1 is 0.500 bits per heavy atom. The van der Waals surface area contributed by atoms with E-state index < -0.39 is 78.6 Å². The van der Waals surface area contributed by atoms with E-state index in [1.54, 1.807) is 0 Å². The number of hydrogen-bond donors (Lipinski definition) is 11. The molecule has 6 unspecified atom stereocenters. The molecule has 13 N–H and O–H groups in total. The van der Waals surface area contributed by atoms with Gasteiger partial charge >= 0.3 is 5.97 Å². The summed E-state index contributed by atoms with van der Waals surface area (Å²) in [6.07, 6.45) is 14.6. The van der Waals surface area contributed by atoms with Gasteiger partial charge in [0, 0.05) is 6.42 Å². The average Bonchev–Trinajstić information content (AvgIpc) is 3.15. The van der Waals surface area contributed by atoms with Gasteiger partial charge in [-0.2, -0.15) is 0 Å². The Bertz CT molecular complexity index is 1130. The molecule has 17 heteroatoms. The number of carboxylic acids is 1. The van der Waals surface area contributed by atoms with E-state index in [2.05, 4.69) is 33.5 Å². The summed E-state index contributed by atoms with van der Waals surface area (Å²) in [5.41, 5.74) is 11.2. The fraction of sp³-hybridized carbons (Fsp3) is 0.846. The monoisotopic (exact) mass is 802 g/mol. The lowest BCUT2D eigenvalue weighted by Crippen LogP contribution is -2.62. The zero-order valence-electron chi connectivity index (χ0n) is 34.2. The minimum atomic E-state index is -1.67. The molecule has 0 heterocycles. The molecule has 0 aliphatic rings. The molecule has 0 saturated carbocycles. The fourth-order valence-electron chi connectivity index (χ4n) is 6.12. The average molecular weight is 802 g/mol. The molecule has 0 aliphatic carbocycles. The van der Waals surface area contributed by atoms with Gasteiger partial charge in [-0.05, 0) is 71.9 Å². The third-order valence-corrected chi connectivity index (χ3v) is 9.61. The first-order chi connectivity index (χ1) is 26.7. The number of unbranched alkanes of at least 4 members (excludes halogenated alkanes) is 14. The fourth-order valence-corrected chi connectivity index (χ4v) is 6.12. The number of rotatable bonds is 35. The molecule has 326 valence electrons. The second kappa shape index (κ2) is 32.7. The van der Waals surface area contributed by atoms with E-state index in [0.717, 1.165) is 19.3 Å². The molecule has 17 nitrogen and oxygen atoms in total. The summed E-state index contributed by atoms with van der Waals surface area (Å²) < 4.78 is 0. The molecular weight excluding hydrogens is 726 g/mol. The molecular formula is C39H75N7O10. The van der Waals surface area contributed by atoms with Gasteiger partial charge in [0.05, 0.1) is 18.8 Å². The highest BCUT2D eigenvalue weighted by Gasteiger charge is 2.35. The first-order valence-corrected chi connectivity index (χ1v) is 20.8. The standard InChI is InChI=1S/C39H75N7O10/c1-4-5-6-7-8-9-10-11-12-13-14-15-16-23-32(50)42-29(21-17-19-24-40)36(52)45-34(28(3)49)38(54)46-33(27(2)48)37(53)43-30(22-18-20-25-41)35(51)44-31(26-47)39(55)56/h27-31,33-34,47-49H,4-26,40-41H2,1-3H3,(H,42,50)(H,43,53)(H,44,51)(H,45,52)(H,46,54)(H,55,56)/t27?,28?,29?,30?,31-,33?,34?/m0/s1. The number of carbonyl (C=O) groups is 6. The Hall–Kier alpha value is -3.38. The number of carboxylic acid groups (broad SMARTS) is 1. The SMILES string of the molecule is CCCCCCCCCCCCCCCC(=O)NC(CCCCN)C(=O)NC(C(=O)NC(C(=O)NC(CCCCN)C(=O)N[C@@H](CO)C(=O)O)C(C)O)C(C)O. The number of amides is 5. The van der Waals surface area contributed by atoms with Crippen LogP contribution in [0.1, 0.15) is 149 Å². The van der Waals surface area contributed by atoms with Gasteiger partial charge in [-0.25, -0.2) is 4.79 Å². The molecule has 0 aromatic rings. The first kappa shape index (κ1) is 52.6. The quantitative estimate of drug-likeness (QED) is 0.0400. The summed E-state index contributed by atoms with van der Waals surface area (Å²) >= 11 is 0. The largest absolute Gasteiger partial charge is 0.480 e. The van der Waals surface area contributed by atoms with Crippen LogP contribution in [-0.4, -0.2) is 118 Å². The van der Waals surface area contributed by atoms with Crippen molar-refractivity contribution in [2.75, 3.05) is 19.7 Å². The van der Waals surface area contributed by atoms with Crippen molar-refractivity contribution in [3.05, 3.63) is 0 Å². The van der Waals surface area contributed by atoms with Gasteiger partial charge in [-0.15, -0.1) is 0 Å². The second-order valence-electron chi connectivity index (χ2n) is 14.8. The van der Waals surface area contributed by atoms with E-state index in [0.29, 0.717) is 38.6 Å². The minimum absolute atomic E-state index is 0.0238. The first-order valence-electron chi connectivity index (χ1n) is 20.8. The zero-order chi connectivity index (χ0) is 42.3. The van der Waals surface area contributed by atoms with Gasteiger partial charge in [-0.1, -0.05) is 84.0 Å². The predicted octanol–water partition coefficient (Wildman–Crippen LogP) is 0.988. The molecule has 0 aromatic carbocycles. The van der Waals surface area contributed by atoms with Gasteiger partial charge in [0.2, 0.25) is 29.5 Å². The summed E-state index contributed by atoms with van der Waals surface area (Å²) in [5.74, 6) is -5.49. The second-order valence-corrected chi connectivity index (χ2v) is 14.8. The molecule has 0 radical (unpaired) electrons. The molecule has 56 heavy (non-hydrogen) atoms. The molecule has 7 atom stereocenters. The summed E-state index contributed by atoms with van der Waals surface area (Å²) in [4.78, 5) is 77.3. The maximum Gasteiger partial charge on any atom is 0.328 e. The maximum atomic E-state index is 13.5. The Morgan fingerprint density at radius 3 is 1.29 bits per heavy atom. The van der Waals surface area contributed by atoms with Crippen molar-refractivity contribution in [3.8, 4) is 0 Å². The minimum Gasteiger partial charge on any atom is -0.480 e. The van der Waals surface area contributed by atoms with Crippen molar-refractivity contribution < 1.29 is 49.2 Å². The van der Waals surface area contributed by atoms with E-state index in [1.807, 2.05) is 0 Å². The number of aliphatic hydroxyl groups excluding tert-OH is 3. The number of aliphatic hydroxyl groups is 3. The Kier molecular flexibility index (Phi) is 30.7. The number of nitrogens with one attached hydrogen (secondary N) is 5. The van der Waals surface area contributed by atoms with Crippen LogP contribution in [0.3, 0.4) is 0 Å². The molecule has 0 saturated heterocycles. The Morgan fingerprint density at radius 2 is 0.875 bits per heavy atom. The summed E-state index contributed by atoms with van der Waals surface area (Å²) in [5, 5.41) is 51.6. The summed E-state index contributed by atoms with van der Waals surface area (Å²) in [7, 11) is 0. The van der Waals surface area contributed by atoms with E-state index in [9.17, 15) is 49.2 Å². The molecule has 0 spiro atoms. The molecule has 0 bridgehead atoms. The van der Waals surface area contributed by atoms with E-state index in [4.69, 9.17) is 11.5 Å². The van der Waals surface area contributed by atoms with Crippen LogP contribution >= 0.6 is 0 Å². The van der Waals surface area contributed by atoms with Crippen molar-refractivity contribution in [1.82, 2.24) is 26.6 Å². The van der Waals surface area contributed by atoms with E-state index in [1.165, 1.54) is 71.6 Å². The number of nitrogens with two attached hydrogens (primary N) is 2. The topological polar surface area (TPSA) is 296 Å². The van der Waals surface area contributed by atoms with Crippen LogP contribution in [-0.2, 0) is 28.8 Å². The smallest absolute Gasteiger partial charge is 0.328 e. The van der Waals surface area contributed by atoms with Gasteiger partial charge < -0.3 is 58.5 Å². The number of aliphatic carboxylic acids is 1. The third kappa shape index (κ3) is 24.3. The maximum absolute atomic E-state index is 13.5.